The standard InChI is InChI=1S/C13H12N4OS/c1-14-13-16-15-12(19-13)8-17-7-6-11(18)9-4-2-3-5-10(9)17/h2-7H,8H2,1H3,(H,14,16). The van der Waals surface area contributed by atoms with Crippen LogP contribution in [0.3, 0.4) is 0 Å². The first-order valence-corrected chi connectivity index (χ1v) is 6.68. The fourth-order valence-corrected chi connectivity index (χ4v) is 2.65. The predicted molar refractivity (Wildman–Crippen MR) is 76.8 cm³/mol. The first-order chi connectivity index (χ1) is 9.28. The Balaban J connectivity index is 2.06. The van der Waals surface area contributed by atoms with Crippen LogP contribution in [0, 0.1) is 0 Å². The van der Waals surface area contributed by atoms with E-state index in [9.17, 15) is 4.79 Å². The first-order valence-electron chi connectivity index (χ1n) is 5.86. The van der Waals surface area contributed by atoms with Gasteiger partial charge in [0.1, 0.15) is 5.01 Å². The van der Waals surface area contributed by atoms with Gasteiger partial charge in [0.2, 0.25) is 5.13 Å². The van der Waals surface area contributed by atoms with Crippen LogP contribution in [-0.4, -0.2) is 21.8 Å². The highest BCUT2D eigenvalue weighted by Gasteiger charge is 2.06. The number of pyridine rings is 1. The summed E-state index contributed by atoms with van der Waals surface area (Å²) in [5.41, 5.74) is 0.955. The fraction of sp³-hybridized carbons (Fsp3) is 0.154. The van der Waals surface area contributed by atoms with Gasteiger partial charge in [-0.25, -0.2) is 0 Å². The molecule has 2 heterocycles. The molecular weight excluding hydrogens is 260 g/mol. The zero-order valence-electron chi connectivity index (χ0n) is 10.3. The minimum Gasteiger partial charge on any atom is -0.363 e. The zero-order valence-corrected chi connectivity index (χ0v) is 11.1. The van der Waals surface area contributed by atoms with E-state index in [1.54, 1.807) is 12.3 Å². The van der Waals surface area contributed by atoms with Crippen LogP contribution >= 0.6 is 11.3 Å². The Morgan fingerprint density at radius 1 is 1.26 bits per heavy atom. The number of para-hydroxylation sites is 1. The van der Waals surface area contributed by atoms with Crippen molar-refractivity contribution < 1.29 is 0 Å². The molecule has 0 radical (unpaired) electrons. The van der Waals surface area contributed by atoms with Crippen LogP contribution in [-0.2, 0) is 6.54 Å². The van der Waals surface area contributed by atoms with E-state index in [1.807, 2.05) is 35.9 Å². The lowest BCUT2D eigenvalue weighted by molar-refractivity contribution is 0.801. The summed E-state index contributed by atoms with van der Waals surface area (Å²) >= 11 is 1.51. The number of nitrogens with zero attached hydrogens (tertiary/aromatic N) is 3. The molecule has 3 aromatic rings. The monoisotopic (exact) mass is 272 g/mol. The molecule has 3 rings (SSSR count). The van der Waals surface area contributed by atoms with E-state index in [4.69, 9.17) is 0 Å². The van der Waals surface area contributed by atoms with Crippen molar-refractivity contribution in [3.8, 4) is 0 Å². The molecule has 0 atom stereocenters. The molecule has 0 amide bonds. The molecule has 19 heavy (non-hydrogen) atoms. The van der Waals surface area contributed by atoms with Crippen LogP contribution in [0.2, 0.25) is 0 Å². The minimum atomic E-state index is 0.0417. The number of nitrogens with one attached hydrogen (secondary N) is 1. The van der Waals surface area contributed by atoms with Crippen LogP contribution < -0.4 is 10.7 Å². The molecule has 0 aliphatic carbocycles. The lowest BCUT2D eigenvalue weighted by atomic mass is 10.2. The van der Waals surface area contributed by atoms with Crippen molar-refractivity contribution in [1.82, 2.24) is 14.8 Å². The number of hydrogen-bond donors (Lipinski definition) is 1. The number of anilines is 1. The summed E-state index contributed by atoms with van der Waals surface area (Å²) in [7, 11) is 1.82. The quantitative estimate of drug-likeness (QED) is 0.791. The molecule has 5 nitrogen and oxygen atoms in total. The second kappa shape index (κ2) is 4.81. The van der Waals surface area contributed by atoms with Crippen molar-refractivity contribution in [2.45, 2.75) is 6.54 Å². The van der Waals surface area contributed by atoms with E-state index in [2.05, 4.69) is 15.5 Å². The smallest absolute Gasteiger partial charge is 0.205 e. The Morgan fingerprint density at radius 3 is 2.89 bits per heavy atom. The number of hydrogen-bond acceptors (Lipinski definition) is 5. The van der Waals surface area contributed by atoms with E-state index >= 15 is 0 Å². The topological polar surface area (TPSA) is 59.8 Å². The van der Waals surface area contributed by atoms with Crippen LogP contribution in [0.4, 0.5) is 5.13 Å². The molecule has 0 aliphatic heterocycles. The minimum absolute atomic E-state index is 0.0417. The molecule has 2 aromatic heterocycles. The van der Waals surface area contributed by atoms with Gasteiger partial charge in [-0.2, -0.15) is 0 Å². The van der Waals surface area contributed by atoms with Crippen LogP contribution in [0.1, 0.15) is 5.01 Å². The summed E-state index contributed by atoms with van der Waals surface area (Å²) in [6.07, 6.45) is 1.80. The van der Waals surface area contributed by atoms with Crippen molar-refractivity contribution in [2.24, 2.45) is 0 Å². The van der Waals surface area contributed by atoms with E-state index in [-0.39, 0.29) is 5.43 Å². The fourth-order valence-electron chi connectivity index (χ4n) is 1.96. The molecule has 0 fully saturated rings. The SMILES string of the molecule is CNc1nnc(Cn2ccc(=O)c3ccccc32)s1. The van der Waals surface area contributed by atoms with E-state index < -0.39 is 0 Å². The number of fused-ring (bicyclic) bond motifs is 1. The van der Waals surface area contributed by atoms with Gasteiger partial charge in [0.25, 0.3) is 0 Å². The van der Waals surface area contributed by atoms with Crippen molar-refractivity contribution in [1.29, 1.82) is 0 Å². The van der Waals surface area contributed by atoms with Gasteiger partial charge >= 0.3 is 0 Å². The number of aromatic nitrogens is 3. The Labute approximate surface area is 113 Å². The van der Waals surface area contributed by atoms with Crippen LogP contribution in [0.5, 0.6) is 0 Å². The Morgan fingerprint density at radius 2 is 2.11 bits per heavy atom. The lowest BCUT2D eigenvalue weighted by Crippen LogP contribution is -2.08. The zero-order chi connectivity index (χ0) is 13.2. The molecule has 96 valence electrons. The summed E-state index contributed by atoms with van der Waals surface area (Å²) in [4.78, 5) is 11.8. The molecule has 0 unspecified atom stereocenters. The highest BCUT2D eigenvalue weighted by atomic mass is 32.1. The third-order valence-electron chi connectivity index (χ3n) is 2.87. The van der Waals surface area contributed by atoms with Gasteiger partial charge in [0.15, 0.2) is 5.43 Å². The third-order valence-corrected chi connectivity index (χ3v) is 3.80. The lowest BCUT2D eigenvalue weighted by Gasteiger charge is -2.08. The molecule has 0 bridgehead atoms. The number of rotatable bonds is 3. The van der Waals surface area contributed by atoms with Gasteiger partial charge in [0, 0.05) is 24.7 Å². The normalized spacial score (nSPS) is 10.8. The van der Waals surface area contributed by atoms with Gasteiger partial charge in [-0.3, -0.25) is 4.79 Å². The van der Waals surface area contributed by atoms with Crippen molar-refractivity contribution >= 4 is 27.4 Å². The molecule has 6 heteroatoms. The summed E-state index contributed by atoms with van der Waals surface area (Å²) in [5, 5.41) is 13.5. The second-order valence-corrected chi connectivity index (χ2v) is 5.14. The summed E-state index contributed by atoms with van der Waals surface area (Å²) in [6.45, 7) is 0.611. The van der Waals surface area contributed by atoms with E-state index in [0.29, 0.717) is 6.54 Å². The third kappa shape index (κ3) is 2.22. The maximum absolute atomic E-state index is 11.8. The van der Waals surface area contributed by atoms with Crippen LogP contribution in [0.25, 0.3) is 10.9 Å². The van der Waals surface area contributed by atoms with E-state index in [0.717, 1.165) is 21.0 Å². The average Bonchev–Trinajstić information content (AvgIpc) is 2.90. The molecule has 0 saturated carbocycles. The van der Waals surface area contributed by atoms with E-state index in [1.165, 1.54) is 11.3 Å². The molecule has 1 N–H and O–H groups in total. The maximum Gasteiger partial charge on any atom is 0.205 e. The average molecular weight is 272 g/mol. The van der Waals surface area contributed by atoms with Crippen molar-refractivity contribution in [3.05, 3.63) is 51.8 Å². The molecule has 0 spiro atoms. The first kappa shape index (κ1) is 11.9. The second-order valence-electron chi connectivity index (χ2n) is 4.08. The highest BCUT2D eigenvalue weighted by molar-refractivity contribution is 7.15. The predicted octanol–water partition coefficient (Wildman–Crippen LogP) is 1.94. The maximum atomic E-state index is 11.8. The number of benzene rings is 1. The Bertz CT molecular complexity index is 777. The largest absolute Gasteiger partial charge is 0.363 e. The molecule has 1 aromatic carbocycles. The van der Waals surface area contributed by atoms with Gasteiger partial charge in [-0.15, -0.1) is 10.2 Å². The molecular formula is C13H12N4OS. The Hall–Kier alpha value is -2.21. The molecule has 0 saturated heterocycles. The van der Waals surface area contributed by atoms with Gasteiger partial charge in [0.05, 0.1) is 12.1 Å². The highest BCUT2D eigenvalue weighted by Crippen LogP contribution is 2.17. The molecule has 0 aliphatic rings. The summed E-state index contributed by atoms with van der Waals surface area (Å²) in [5.74, 6) is 0. The van der Waals surface area contributed by atoms with Gasteiger partial charge in [-0.05, 0) is 12.1 Å². The van der Waals surface area contributed by atoms with Crippen molar-refractivity contribution in [2.75, 3.05) is 12.4 Å². The van der Waals surface area contributed by atoms with Crippen molar-refractivity contribution in [3.63, 3.8) is 0 Å². The summed E-state index contributed by atoms with van der Waals surface area (Å²) < 4.78 is 2.01. The Kier molecular flexibility index (Phi) is 3.00. The van der Waals surface area contributed by atoms with Gasteiger partial charge < -0.3 is 9.88 Å². The van der Waals surface area contributed by atoms with Gasteiger partial charge in [-0.1, -0.05) is 23.5 Å². The van der Waals surface area contributed by atoms with Crippen LogP contribution in [0.15, 0.2) is 41.3 Å². The summed E-state index contributed by atoms with van der Waals surface area (Å²) in [6, 6.07) is 9.17.